The summed E-state index contributed by atoms with van der Waals surface area (Å²) in [5, 5.41) is 11.0. The van der Waals surface area contributed by atoms with Crippen LogP contribution in [0.1, 0.15) is 34.9 Å². The van der Waals surface area contributed by atoms with Gasteiger partial charge >= 0.3 is 5.69 Å². The van der Waals surface area contributed by atoms with E-state index < -0.39 is 35.3 Å². The summed E-state index contributed by atoms with van der Waals surface area (Å²) in [6.07, 6.45) is -1.24. The number of aromatic nitrogens is 2. The molecule has 0 bridgehead atoms. The van der Waals surface area contributed by atoms with E-state index in [9.17, 15) is 14.7 Å². The summed E-state index contributed by atoms with van der Waals surface area (Å²) in [4.78, 5) is 27.7. The van der Waals surface area contributed by atoms with E-state index in [2.05, 4.69) is 4.98 Å². The lowest BCUT2D eigenvalue weighted by Gasteiger charge is -2.37. The molecule has 0 unspecified atom stereocenters. The zero-order chi connectivity index (χ0) is 28.3. The predicted octanol–water partition coefficient (Wildman–Crippen LogP) is 3.52. The van der Waals surface area contributed by atoms with Crippen LogP contribution in [-0.4, -0.2) is 47.7 Å². The van der Waals surface area contributed by atoms with E-state index in [-0.39, 0.29) is 13.0 Å². The van der Waals surface area contributed by atoms with Crippen LogP contribution in [0.25, 0.3) is 0 Å². The molecule has 0 amide bonds. The average Bonchev–Trinajstić information content (AvgIpc) is 3.36. The first kappa shape index (κ1) is 27.4. The Morgan fingerprint density at radius 1 is 0.900 bits per heavy atom. The molecule has 1 saturated heterocycles. The van der Waals surface area contributed by atoms with Crippen LogP contribution in [0.15, 0.2) is 94.6 Å². The summed E-state index contributed by atoms with van der Waals surface area (Å²) in [5.41, 5.74) is 0.751. The molecule has 1 fully saturated rings. The van der Waals surface area contributed by atoms with Crippen molar-refractivity contribution in [1.82, 2.24) is 9.55 Å². The quantitative estimate of drug-likeness (QED) is 0.310. The second kappa shape index (κ2) is 11.5. The van der Waals surface area contributed by atoms with Crippen molar-refractivity contribution in [3.8, 4) is 11.5 Å². The van der Waals surface area contributed by atoms with Crippen molar-refractivity contribution in [2.75, 3.05) is 20.8 Å². The molecule has 208 valence electrons. The maximum Gasteiger partial charge on any atom is 0.330 e. The Hall–Kier alpha value is -4.18. The Morgan fingerprint density at radius 3 is 2.00 bits per heavy atom. The smallest absolute Gasteiger partial charge is 0.330 e. The third-order valence-corrected chi connectivity index (χ3v) is 7.32. The third-order valence-electron chi connectivity index (χ3n) is 7.32. The van der Waals surface area contributed by atoms with Crippen LogP contribution < -0.4 is 20.7 Å². The van der Waals surface area contributed by atoms with E-state index >= 15 is 0 Å². The minimum absolute atomic E-state index is 0.0247. The maximum atomic E-state index is 12.7. The van der Waals surface area contributed by atoms with Crippen LogP contribution in [0.3, 0.4) is 0 Å². The summed E-state index contributed by atoms with van der Waals surface area (Å²) in [6, 6.07) is 25.0. The first-order chi connectivity index (χ1) is 19.4. The van der Waals surface area contributed by atoms with Crippen LogP contribution in [0, 0.1) is 6.92 Å². The number of benzene rings is 3. The molecule has 2 N–H and O–H groups in total. The minimum atomic E-state index is -1.10. The number of methoxy groups -OCH3 is 2. The first-order valence-electron chi connectivity index (χ1n) is 13.0. The molecule has 2 heterocycles. The number of ether oxygens (including phenoxy) is 4. The van der Waals surface area contributed by atoms with E-state index in [1.54, 1.807) is 21.1 Å². The van der Waals surface area contributed by atoms with E-state index in [4.69, 9.17) is 18.9 Å². The summed E-state index contributed by atoms with van der Waals surface area (Å²) in [6.45, 7) is 1.59. The van der Waals surface area contributed by atoms with Crippen LogP contribution >= 0.6 is 0 Å². The molecule has 0 saturated carbocycles. The monoisotopic (exact) mass is 544 g/mol. The van der Waals surface area contributed by atoms with Gasteiger partial charge in [-0.25, -0.2) is 9.36 Å². The molecule has 4 aromatic rings. The Balaban J connectivity index is 1.55. The van der Waals surface area contributed by atoms with Gasteiger partial charge in [-0.1, -0.05) is 54.6 Å². The first-order valence-corrected chi connectivity index (χ1v) is 13.0. The maximum absolute atomic E-state index is 12.7. The highest BCUT2D eigenvalue weighted by molar-refractivity contribution is 5.49. The van der Waals surface area contributed by atoms with Gasteiger partial charge in [-0.15, -0.1) is 0 Å². The molecule has 9 heteroatoms. The second-order valence-corrected chi connectivity index (χ2v) is 9.70. The fourth-order valence-electron chi connectivity index (χ4n) is 5.15. The van der Waals surface area contributed by atoms with E-state index in [1.165, 1.54) is 6.20 Å². The van der Waals surface area contributed by atoms with E-state index in [0.717, 1.165) is 21.3 Å². The van der Waals surface area contributed by atoms with Crippen molar-refractivity contribution in [2.45, 2.75) is 37.4 Å². The van der Waals surface area contributed by atoms with Gasteiger partial charge in [0.2, 0.25) is 0 Å². The highest BCUT2D eigenvalue weighted by Gasteiger charge is 2.42. The number of aryl methyl sites for hydroxylation is 1. The summed E-state index contributed by atoms with van der Waals surface area (Å²) in [7, 11) is 3.22. The van der Waals surface area contributed by atoms with Gasteiger partial charge in [-0.3, -0.25) is 4.79 Å². The van der Waals surface area contributed by atoms with Crippen LogP contribution in [-0.2, 0) is 15.1 Å². The Labute approximate surface area is 231 Å². The van der Waals surface area contributed by atoms with Crippen molar-refractivity contribution >= 4 is 0 Å². The van der Waals surface area contributed by atoms with E-state index in [0.29, 0.717) is 17.1 Å². The van der Waals surface area contributed by atoms with Crippen molar-refractivity contribution < 1.29 is 24.1 Å². The number of aliphatic hydroxyl groups is 1. The Kier molecular flexibility index (Phi) is 7.88. The van der Waals surface area contributed by atoms with Crippen LogP contribution in [0.2, 0.25) is 0 Å². The standard InChI is InChI=1S/C31H32N2O7/c1-20-18-32-30(36)33(29(20)35)28-17-26(34)27(40-28)19-39-31(21-7-5-4-6-8-21,22-9-13-24(37-2)14-10-22)23-11-15-25(38-3)16-12-23/h4-16,18,26-28,34H,17,19H2,1-3H3,(H,32,36)/t26-,27+,28+/m0/s1. The SMILES string of the molecule is COc1ccc(C(OC[C@H]2O[C@@H](n3c(=O)[nH]cc(C)c3=O)C[C@@H]2O)(c2ccccc2)c2ccc(OC)cc2)cc1. The summed E-state index contributed by atoms with van der Waals surface area (Å²) >= 11 is 0. The van der Waals surface area contributed by atoms with E-state index in [1.807, 2.05) is 78.9 Å². The van der Waals surface area contributed by atoms with Gasteiger partial charge in [-0.05, 0) is 47.9 Å². The normalized spacial score (nSPS) is 18.9. The molecule has 40 heavy (non-hydrogen) atoms. The lowest BCUT2D eigenvalue weighted by molar-refractivity contribution is -0.0949. The minimum Gasteiger partial charge on any atom is -0.497 e. The molecule has 5 rings (SSSR count). The fourth-order valence-corrected chi connectivity index (χ4v) is 5.15. The number of nitrogens with one attached hydrogen (secondary N) is 1. The van der Waals surface area contributed by atoms with Crippen LogP contribution in [0.5, 0.6) is 11.5 Å². The number of hydrogen-bond donors (Lipinski definition) is 2. The van der Waals surface area contributed by atoms with Gasteiger partial charge < -0.3 is 29.0 Å². The van der Waals surface area contributed by atoms with Crippen molar-refractivity contribution in [3.05, 3.63) is 128 Å². The van der Waals surface area contributed by atoms with Gasteiger partial charge in [0.05, 0.1) is 26.9 Å². The molecule has 1 aliphatic heterocycles. The van der Waals surface area contributed by atoms with Crippen molar-refractivity contribution in [1.29, 1.82) is 0 Å². The Morgan fingerprint density at radius 2 is 1.45 bits per heavy atom. The molecule has 3 atom stereocenters. The molecule has 0 aliphatic carbocycles. The molecule has 0 radical (unpaired) electrons. The van der Waals surface area contributed by atoms with Gasteiger partial charge in [-0.2, -0.15) is 0 Å². The molecule has 1 aliphatic rings. The number of H-pyrrole nitrogens is 1. The second-order valence-electron chi connectivity index (χ2n) is 9.70. The van der Waals surface area contributed by atoms with Crippen molar-refractivity contribution in [3.63, 3.8) is 0 Å². The topological polar surface area (TPSA) is 112 Å². The number of nitrogens with zero attached hydrogens (tertiary/aromatic N) is 1. The zero-order valence-electron chi connectivity index (χ0n) is 22.6. The zero-order valence-corrected chi connectivity index (χ0v) is 22.6. The lowest BCUT2D eigenvalue weighted by atomic mass is 9.80. The molecular weight excluding hydrogens is 512 g/mol. The summed E-state index contributed by atoms with van der Waals surface area (Å²) in [5.74, 6) is 1.40. The lowest BCUT2D eigenvalue weighted by Crippen LogP contribution is -2.39. The number of rotatable bonds is 9. The van der Waals surface area contributed by atoms with Crippen molar-refractivity contribution in [2.24, 2.45) is 0 Å². The van der Waals surface area contributed by atoms with Crippen LogP contribution in [0.4, 0.5) is 0 Å². The number of hydrogen-bond acceptors (Lipinski definition) is 7. The molecule has 3 aromatic carbocycles. The molecule has 9 nitrogen and oxygen atoms in total. The van der Waals surface area contributed by atoms with Gasteiger partial charge in [0.25, 0.3) is 5.56 Å². The molecular formula is C31H32N2O7. The van der Waals surface area contributed by atoms with Gasteiger partial charge in [0.15, 0.2) is 0 Å². The largest absolute Gasteiger partial charge is 0.497 e. The highest BCUT2D eigenvalue weighted by atomic mass is 16.6. The fraction of sp³-hybridized carbons (Fsp3) is 0.290. The number of aliphatic hydroxyl groups excluding tert-OH is 1. The van der Waals surface area contributed by atoms with Gasteiger partial charge in [0.1, 0.15) is 29.4 Å². The molecule has 1 aromatic heterocycles. The highest BCUT2D eigenvalue weighted by Crippen LogP contribution is 2.42. The Bertz CT molecular complexity index is 1500. The van der Waals surface area contributed by atoms with Gasteiger partial charge in [0, 0.05) is 18.2 Å². The predicted molar refractivity (Wildman–Crippen MR) is 149 cm³/mol. The third kappa shape index (κ3) is 5.06. The summed E-state index contributed by atoms with van der Waals surface area (Å²) < 4.78 is 24.7. The number of aromatic amines is 1. The average molecular weight is 545 g/mol. The molecule has 0 spiro atoms.